The van der Waals surface area contributed by atoms with Crippen molar-refractivity contribution in [1.82, 2.24) is 25.2 Å². The quantitative estimate of drug-likeness (QED) is 0.311. The van der Waals surface area contributed by atoms with Crippen LogP contribution in [-0.4, -0.2) is 74.9 Å². The molecule has 4 fully saturated rings. The number of aromatic nitrogens is 3. The molecule has 8 nitrogen and oxygen atoms in total. The van der Waals surface area contributed by atoms with Gasteiger partial charge in [-0.2, -0.15) is 9.97 Å². The van der Waals surface area contributed by atoms with E-state index in [1.165, 1.54) is 24.3 Å². The minimum absolute atomic E-state index is 0.00164. The molecule has 0 aliphatic carbocycles. The molecule has 2 bridgehead atoms. The third kappa shape index (κ3) is 4.06. The van der Waals surface area contributed by atoms with Crippen molar-refractivity contribution in [2.24, 2.45) is 0 Å². The van der Waals surface area contributed by atoms with Gasteiger partial charge in [0.15, 0.2) is 5.82 Å². The van der Waals surface area contributed by atoms with Crippen molar-refractivity contribution in [3.8, 4) is 35.4 Å². The van der Waals surface area contributed by atoms with E-state index in [1.807, 2.05) is 0 Å². The monoisotopic (exact) mass is 608 g/mol. The largest absolute Gasteiger partial charge is 0.508 e. The van der Waals surface area contributed by atoms with Crippen molar-refractivity contribution < 1.29 is 18.6 Å². The molecule has 2 aromatic carbocycles. The third-order valence-electron chi connectivity index (χ3n) is 11.1. The lowest BCUT2D eigenvalue weighted by atomic mass is 9.95. The summed E-state index contributed by atoms with van der Waals surface area (Å²) in [7, 11) is 0. The number of hydrogen-bond donors (Lipinski definition) is 2. The number of fused-ring (bicyclic) bond motifs is 7. The number of hydrogen-bond acceptors (Lipinski definition) is 8. The second kappa shape index (κ2) is 9.96. The van der Waals surface area contributed by atoms with Gasteiger partial charge in [0, 0.05) is 35.6 Å². The Morgan fingerprint density at radius 3 is 2.73 bits per heavy atom. The van der Waals surface area contributed by atoms with Gasteiger partial charge in [-0.25, -0.2) is 13.8 Å². The Morgan fingerprint density at radius 1 is 1.07 bits per heavy atom. The lowest BCUT2D eigenvalue weighted by molar-refractivity contribution is 0.108. The van der Waals surface area contributed by atoms with Crippen molar-refractivity contribution in [3.05, 3.63) is 47.2 Å². The molecular weight excluding hydrogens is 574 g/mol. The van der Waals surface area contributed by atoms with Crippen LogP contribution < -0.4 is 15.0 Å². The first-order valence-corrected chi connectivity index (χ1v) is 16.2. The Labute approximate surface area is 259 Å². The number of halogens is 2. The topological polar surface area (TPSA) is 86.6 Å². The van der Waals surface area contributed by atoms with Crippen molar-refractivity contribution in [1.29, 1.82) is 0 Å². The van der Waals surface area contributed by atoms with Gasteiger partial charge in [-0.3, -0.25) is 4.90 Å². The molecular formula is C35H34F2N6O2. The van der Waals surface area contributed by atoms with Gasteiger partial charge in [-0.15, -0.1) is 6.42 Å². The second-order valence-corrected chi connectivity index (χ2v) is 13.4. The summed E-state index contributed by atoms with van der Waals surface area (Å²) in [6.45, 7) is 3.38. The van der Waals surface area contributed by atoms with E-state index in [-0.39, 0.29) is 45.7 Å². The van der Waals surface area contributed by atoms with Crippen molar-refractivity contribution in [2.75, 3.05) is 31.1 Å². The normalized spacial score (nSPS) is 24.9. The highest BCUT2D eigenvalue weighted by atomic mass is 19.1. The molecule has 9 rings (SSSR count). The number of ether oxygens (including phenoxy) is 1. The summed E-state index contributed by atoms with van der Waals surface area (Å²) < 4.78 is 38.4. The fraction of sp³-hybridized carbons (Fsp3) is 0.457. The van der Waals surface area contributed by atoms with E-state index in [0.717, 1.165) is 64.6 Å². The van der Waals surface area contributed by atoms with Gasteiger partial charge in [0.05, 0.1) is 22.2 Å². The van der Waals surface area contributed by atoms with E-state index in [2.05, 4.69) is 21.0 Å². The molecule has 0 unspecified atom stereocenters. The van der Waals surface area contributed by atoms with Crippen LogP contribution in [0.2, 0.25) is 0 Å². The van der Waals surface area contributed by atoms with Crippen LogP contribution in [0.25, 0.3) is 32.9 Å². The van der Waals surface area contributed by atoms with E-state index in [1.54, 1.807) is 0 Å². The van der Waals surface area contributed by atoms with Gasteiger partial charge in [0.1, 0.15) is 35.2 Å². The molecule has 45 heavy (non-hydrogen) atoms. The maximum absolute atomic E-state index is 17.1. The Hall–Kier alpha value is -4.07. The zero-order chi connectivity index (χ0) is 30.4. The summed E-state index contributed by atoms with van der Waals surface area (Å²) in [4.78, 5) is 19.5. The number of nitrogens with one attached hydrogen (secondary N) is 1. The van der Waals surface area contributed by atoms with Crippen molar-refractivity contribution in [3.63, 3.8) is 0 Å². The first kappa shape index (κ1) is 27.3. The molecule has 230 valence electrons. The summed E-state index contributed by atoms with van der Waals surface area (Å²) in [5.74, 6) is 1.75. The molecule has 0 radical (unpaired) electrons. The highest BCUT2D eigenvalue weighted by Gasteiger charge is 2.46. The van der Waals surface area contributed by atoms with Gasteiger partial charge in [-0.05, 0) is 88.0 Å². The Balaban J connectivity index is 1.26. The highest BCUT2D eigenvalue weighted by molar-refractivity contribution is 6.03. The van der Waals surface area contributed by atoms with E-state index in [9.17, 15) is 9.50 Å². The van der Waals surface area contributed by atoms with Gasteiger partial charge in [-0.1, -0.05) is 12.0 Å². The maximum Gasteiger partial charge on any atom is 0.319 e. The van der Waals surface area contributed by atoms with Gasteiger partial charge in [0.2, 0.25) is 0 Å². The van der Waals surface area contributed by atoms with Crippen LogP contribution in [0.5, 0.6) is 11.8 Å². The standard InChI is InChI=1S/C35H34F2N6O2/c1-2-22-24(36)7-5-19-15-21(44)16-23(28(19)22)31-30(37)32-29-26(39-31)9-10-27-25-8-6-20(38-25)17-43(27)33(29)41-34(40-32)45-18-35-11-3-13-42(35)14-4-12-35/h1,5,7,15-16,20,25,27,38,44H,3-4,6,8-14,17-18H2/t20-,25+,27-/m1/s1. The summed E-state index contributed by atoms with van der Waals surface area (Å²) in [6.07, 6.45) is 13.8. The fourth-order valence-electron chi connectivity index (χ4n) is 9.02. The number of nitrogens with zero attached hydrogens (tertiary/aromatic N) is 5. The number of aromatic hydroxyl groups is 1. The minimum Gasteiger partial charge on any atom is -0.508 e. The number of aryl methyl sites for hydroxylation is 1. The van der Waals surface area contributed by atoms with Crippen molar-refractivity contribution in [2.45, 2.75) is 75.0 Å². The van der Waals surface area contributed by atoms with Gasteiger partial charge >= 0.3 is 6.01 Å². The number of pyridine rings is 1. The maximum atomic E-state index is 17.1. The highest BCUT2D eigenvalue weighted by Crippen LogP contribution is 2.44. The molecule has 0 spiro atoms. The summed E-state index contributed by atoms with van der Waals surface area (Å²) >= 11 is 0. The predicted octanol–water partition coefficient (Wildman–Crippen LogP) is 5.07. The molecule has 2 N–H and O–H groups in total. The number of anilines is 1. The molecule has 0 saturated carbocycles. The van der Waals surface area contributed by atoms with Crippen LogP contribution in [0.3, 0.4) is 0 Å². The molecule has 4 saturated heterocycles. The average molecular weight is 609 g/mol. The van der Waals surface area contributed by atoms with Crippen LogP contribution in [0.4, 0.5) is 14.6 Å². The zero-order valence-corrected chi connectivity index (χ0v) is 25.0. The molecule has 5 aliphatic rings. The van der Waals surface area contributed by atoms with Crippen LogP contribution in [0.15, 0.2) is 24.3 Å². The van der Waals surface area contributed by atoms with Gasteiger partial charge in [0.25, 0.3) is 0 Å². The SMILES string of the molecule is C#Cc1c(F)ccc2cc(O)cc(-c3nc4c5c(nc(OCC67CCCN6CCC7)nc5c3F)N3C[C@H]5CC[C@H](N5)[C@H]3CC4)c12. The van der Waals surface area contributed by atoms with E-state index >= 15 is 4.39 Å². The minimum atomic E-state index is -0.667. The molecule has 3 atom stereocenters. The number of rotatable bonds is 4. The number of phenols is 1. The van der Waals surface area contributed by atoms with Crippen molar-refractivity contribution >= 4 is 27.5 Å². The Kier molecular flexibility index (Phi) is 6.04. The Bertz CT molecular complexity index is 1930. The molecule has 7 heterocycles. The number of benzene rings is 2. The average Bonchev–Trinajstić information content (AvgIpc) is 3.71. The summed E-state index contributed by atoms with van der Waals surface area (Å²) in [5, 5.41) is 15.9. The van der Waals surface area contributed by atoms with Crippen LogP contribution >= 0.6 is 0 Å². The van der Waals surface area contributed by atoms with E-state index in [0.29, 0.717) is 52.8 Å². The number of piperazine rings is 1. The first-order valence-electron chi connectivity index (χ1n) is 16.2. The molecule has 0 amide bonds. The van der Waals surface area contributed by atoms with Crippen LogP contribution in [-0.2, 0) is 6.42 Å². The molecule has 2 aromatic heterocycles. The summed E-state index contributed by atoms with van der Waals surface area (Å²) in [5.41, 5.74) is 0.991. The van der Waals surface area contributed by atoms with E-state index < -0.39 is 11.6 Å². The van der Waals surface area contributed by atoms with Crippen LogP contribution in [0.1, 0.15) is 56.2 Å². The second-order valence-electron chi connectivity index (χ2n) is 13.4. The molecule has 10 heteroatoms. The van der Waals surface area contributed by atoms with Gasteiger partial charge < -0.3 is 20.1 Å². The molecule has 4 aromatic rings. The summed E-state index contributed by atoms with van der Waals surface area (Å²) in [6, 6.07) is 6.70. The smallest absolute Gasteiger partial charge is 0.319 e. The fourth-order valence-corrected chi connectivity index (χ4v) is 9.02. The van der Waals surface area contributed by atoms with E-state index in [4.69, 9.17) is 26.1 Å². The predicted molar refractivity (Wildman–Crippen MR) is 167 cm³/mol. The lowest BCUT2D eigenvalue weighted by Gasteiger charge is -2.41. The lowest BCUT2D eigenvalue weighted by Crippen LogP contribution is -2.58. The number of phenolic OH excluding ortho intramolecular Hbond substituents is 1. The first-order chi connectivity index (χ1) is 21.9. The van der Waals surface area contributed by atoms with Crippen LogP contribution in [0, 0.1) is 24.0 Å². The number of terminal acetylenes is 1. The Morgan fingerprint density at radius 2 is 1.91 bits per heavy atom. The zero-order valence-electron chi connectivity index (χ0n) is 25.0. The molecule has 5 aliphatic heterocycles. The third-order valence-corrected chi connectivity index (χ3v) is 11.1.